The quantitative estimate of drug-likeness (QED) is 0.467. The van der Waals surface area contributed by atoms with Crippen LogP contribution in [-0.4, -0.2) is 25.3 Å². The van der Waals surface area contributed by atoms with Crippen LogP contribution in [0.3, 0.4) is 0 Å². The zero-order valence-electron chi connectivity index (χ0n) is 8.96. The number of rotatable bonds is 7. The molecule has 3 heteroatoms. The number of hydrogen-bond donors (Lipinski definition) is 0. The fraction of sp³-hybridized carbons (Fsp3) is 0.909. The van der Waals surface area contributed by atoms with E-state index in [0.717, 1.165) is 19.1 Å². The van der Waals surface area contributed by atoms with E-state index >= 15 is 0 Å². The summed E-state index contributed by atoms with van der Waals surface area (Å²) in [6.45, 7) is 3.52. The largest absolute Gasteiger partial charge is 0.348 e. The highest BCUT2D eigenvalue weighted by Crippen LogP contribution is 2.30. The maximum absolute atomic E-state index is 10.3. The van der Waals surface area contributed by atoms with E-state index in [9.17, 15) is 4.79 Å². The van der Waals surface area contributed by atoms with Gasteiger partial charge in [-0.1, -0.05) is 19.8 Å². The van der Waals surface area contributed by atoms with Gasteiger partial charge in [-0.05, 0) is 6.42 Å². The highest BCUT2D eigenvalue weighted by Gasteiger charge is 2.34. The lowest BCUT2D eigenvalue weighted by Gasteiger charge is -2.26. The topological polar surface area (TPSA) is 35.5 Å². The third kappa shape index (κ3) is 3.39. The molecule has 0 radical (unpaired) electrons. The summed E-state index contributed by atoms with van der Waals surface area (Å²) in [5, 5.41) is 0. The van der Waals surface area contributed by atoms with Crippen molar-refractivity contribution in [2.75, 3.05) is 13.2 Å². The van der Waals surface area contributed by atoms with Crippen LogP contribution < -0.4 is 0 Å². The van der Waals surface area contributed by atoms with Gasteiger partial charge in [-0.15, -0.1) is 0 Å². The number of hydrogen-bond acceptors (Lipinski definition) is 3. The smallest absolute Gasteiger partial charge is 0.168 e. The number of carbonyl (C=O) groups excluding carboxylic acids is 1. The lowest BCUT2D eigenvalue weighted by atomic mass is 10.0. The zero-order valence-corrected chi connectivity index (χ0v) is 8.96. The first-order chi connectivity index (χ1) is 6.83. The number of carbonyl (C=O) groups is 1. The van der Waals surface area contributed by atoms with Crippen LogP contribution in [0.5, 0.6) is 0 Å². The first-order valence-corrected chi connectivity index (χ1v) is 5.54. The van der Waals surface area contributed by atoms with Crippen molar-refractivity contribution < 1.29 is 14.3 Å². The molecule has 0 atom stereocenters. The average molecular weight is 200 g/mol. The molecule has 0 aromatic heterocycles. The molecule has 0 aliphatic carbocycles. The second-order valence-corrected chi connectivity index (χ2v) is 3.77. The molecule has 1 heterocycles. The Morgan fingerprint density at radius 1 is 1.21 bits per heavy atom. The van der Waals surface area contributed by atoms with Crippen LogP contribution in [0.25, 0.3) is 0 Å². The van der Waals surface area contributed by atoms with Crippen molar-refractivity contribution in [3.05, 3.63) is 0 Å². The Hall–Kier alpha value is -0.410. The Labute approximate surface area is 85.8 Å². The summed E-state index contributed by atoms with van der Waals surface area (Å²) in [6, 6.07) is 0. The molecule has 0 aromatic carbocycles. The summed E-state index contributed by atoms with van der Waals surface area (Å²) >= 11 is 0. The van der Waals surface area contributed by atoms with Gasteiger partial charge in [0.1, 0.15) is 6.29 Å². The van der Waals surface area contributed by atoms with Gasteiger partial charge in [-0.2, -0.15) is 0 Å². The maximum Gasteiger partial charge on any atom is 0.168 e. The van der Waals surface area contributed by atoms with Gasteiger partial charge in [0.25, 0.3) is 0 Å². The number of aldehydes is 1. The lowest BCUT2D eigenvalue weighted by Crippen LogP contribution is -2.30. The summed E-state index contributed by atoms with van der Waals surface area (Å²) in [7, 11) is 0. The van der Waals surface area contributed by atoms with Gasteiger partial charge in [0, 0.05) is 19.3 Å². The lowest BCUT2D eigenvalue weighted by molar-refractivity contribution is -0.168. The van der Waals surface area contributed by atoms with Crippen LogP contribution >= 0.6 is 0 Å². The predicted octanol–water partition coefficient (Wildman–Crippen LogP) is 2.29. The summed E-state index contributed by atoms with van der Waals surface area (Å²) < 4.78 is 11.2. The average Bonchev–Trinajstić information content (AvgIpc) is 2.65. The molecule has 0 unspecified atom stereocenters. The van der Waals surface area contributed by atoms with Crippen molar-refractivity contribution in [1.82, 2.24) is 0 Å². The van der Waals surface area contributed by atoms with Gasteiger partial charge < -0.3 is 14.3 Å². The Balaban J connectivity index is 2.32. The summed E-state index contributed by atoms with van der Waals surface area (Å²) in [5.74, 6) is -0.434. The predicted molar refractivity (Wildman–Crippen MR) is 54.1 cm³/mol. The second kappa shape index (κ2) is 6.14. The summed E-state index contributed by atoms with van der Waals surface area (Å²) in [6.07, 6.45) is 6.63. The maximum atomic E-state index is 10.3. The van der Waals surface area contributed by atoms with Crippen molar-refractivity contribution >= 4 is 6.29 Å². The van der Waals surface area contributed by atoms with Crippen molar-refractivity contribution in [3.8, 4) is 0 Å². The minimum atomic E-state index is -0.434. The Morgan fingerprint density at radius 3 is 2.50 bits per heavy atom. The molecule has 3 nitrogen and oxygen atoms in total. The Kier molecular flexibility index (Phi) is 5.12. The molecule has 0 bridgehead atoms. The van der Waals surface area contributed by atoms with Crippen molar-refractivity contribution in [3.63, 3.8) is 0 Å². The molecular formula is C11H20O3. The molecule has 1 aliphatic rings. The molecule has 0 saturated carbocycles. The standard InChI is InChI=1S/C11H20O3/c1-2-3-4-6-11(7-5-8-12)13-9-10-14-11/h8H,2-7,9-10H2,1H3. The van der Waals surface area contributed by atoms with E-state index in [1.165, 1.54) is 12.8 Å². The molecule has 0 spiro atoms. The van der Waals surface area contributed by atoms with E-state index in [2.05, 4.69) is 6.92 Å². The second-order valence-electron chi connectivity index (χ2n) is 3.77. The SMILES string of the molecule is CCCCCC1(CCC=O)OCCO1. The van der Waals surface area contributed by atoms with Crippen LogP contribution in [0.4, 0.5) is 0 Å². The first-order valence-electron chi connectivity index (χ1n) is 5.54. The molecule has 82 valence electrons. The van der Waals surface area contributed by atoms with Crippen LogP contribution in [0, 0.1) is 0 Å². The summed E-state index contributed by atoms with van der Waals surface area (Å²) in [4.78, 5) is 10.3. The van der Waals surface area contributed by atoms with E-state index in [0.29, 0.717) is 26.1 Å². The van der Waals surface area contributed by atoms with Gasteiger partial charge >= 0.3 is 0 Å². The summed E-state index contributed by atoms with van der Waals surface area (Å²) in [5.41, 5.74) is 0. The monoisotopic (exact) mass is 200 g/mol. The highest BCUT2D eigenvalue weighted by atomic mass is 16.7. The van der Waals surface area contributed by atoms with E-state index in [1.807, 2.05) is 0 Å². The Bertz CT molecular complexity index is 162. The molecule has 1 rings (SSSR count). The third-order valence-corrected chi connectivity index (χ3v) is 2.62. The fourth-order valence-corrected chi connectivity index (χ4v) is 1.83. The van der Waals surface area contributed by atoms with Crippen LogP contribution in [-0.2, 0) is 14.3 Å². The van der Waals surface area contributed by atoms with Gasteiger partial charge in [0.15, 0.2) is 5.79 Å². The van der Waals surface area contributed by atoms with E-state index in [1.54, 1.807) is 0 Å². The van der Waals surface area contributed by atoms with Crippen molar-refractivity contribution in [1.29, 1.82) is 0 Å². The van der Waals surface area contributed by atoms with E-state index in [-0.39, 0.29) is 0 Å². The minimum Gasteiger partial charge on any atom is -0.348 e. The van der Waals surface area contributed by atoms with E-state index in [4.69, 9.17) is 9.47 Å². The van der Waals surface area contributed by atoms with Crippen LogP contribution in [0.15, 0.2) is 0 Å². The highest BCUT2D eigenvalue weighted by molar-refractivity contribution is 5.49. The minimum absolute atomic E-state index is 0.434. The number of ether oxygens (including phenoxy) is 2. The van der Waals surface area contributed by atoms with Crippen LogP contribution in [0.1, 0.15) is 45.4 Å². The molecule has 14 heavy (non-hydrogen) atoms. The molecule has 1 fully saturated rings. The van der Waals surface area contributed by atoms with E-state index < -0.39 is 5.79 Å². The van der Waals surface area contributed by atoms with Crippen LogP contribution in [0.2, 0.25) is 0 Å². The normalized spacial score (nSPS) is 19.8. The molecule has 0 aromatic rings. The van der Waals surface area contributed by atoms with Crippen molar-refractivity contribution in [2.24, 2.45) is 0 Å². The Morgan fingerprint density at radius 2 is 1.93 bits per heavy atom. The van der Waals surface area contributed by atoms with Crippen molar-refractivity contribution in [2.45, 2.75) is 51.2 Å². The molecule has 0 amide bonds. The number of unbranched alkanes of at least 4 members (excludes halogenated alkanes) is 2. The molecule has 1 aliphatic heterocycles. The zero-order chi connectivity index (χ0) is 10.3. The molecule has 0 N–H and O–H groups in total. The molecular weight excluding hydrogens is 180 g/mol. The van der Waals surface area contributed by atoms with Gasteiger partial charge in [0.2, 0.25) is 0 Å². The first kappa shape index (κ1) is 11.7. The van der Waals surface area contributed by atoms with Gasteiger partial charge in [-0.25, -0.2) is 0 Å². The molecule has 1 saturated heterocycles. The fourth-order valence-electron chi connectivity index (χ4n) is 1.83. The van der Waals surface area contributed by atoms with Gasteiger partial charge in [0.05, 0.1) is 13.2 Å². The third-order valence-electron chi connectivity index (χ3n) is 2.62. The van der Waals surface area contributed by atoms with Gasteiger partial charge in [-0.3, -0.25) is 0 Å².